The second kappa shape index (κ2) is 23.7. The fraction of sp³-hybridized carbons (Fsp3) is 0.296. The third-order valence-electron chi connectivity index (χ3n) is 12.4. The van der Waals surface area contributed by atoms with Crippen LogP contribution in [-0.4, -0.2) is 109 Å². The predicted molar refractivity (Wildman–Crippen MR) is 276 cm³/mol. The first-order chi connectivity index (χ1) is 37.7. The average Bonchev–Trinajstić information content (AvgIpc) is 4.45. The number of carbonyl (C=O) groups is 2. The Morgan fingerprint density at radius 1 is 0.713 bits per heavy atom. The number of aromatic nitrogens is 6. The third-order valence-corrected chi connectivity index (χ3v) is 13.5. The van der Waals surface area contributed by atoms with Crippen LogP contribution in [0.1, 0.15) is 63.9 Å². The van der Waals surface area contributed by atoms with Gasteiger partial charge in [-0.2, -0.15) is 26.3 Å². The number of rotatable bonds is 16. The molecule has 0 bridgehead atoms. The number of amides is 1. The van der Waals surface area contributed by atoms with E-state index in [2.05, 4.69) is 36.5 Å². The topological polar surface area (TPSA) is 238 Å². The van der Waals surface area contributed by atoms with Crippen LogP contribution in [0, 0.1) is 31.4 Å². The molecule has 26 heteroatoms. The number of aryl methyl sites for hydroxylation is 2. The molecule has 2 saturated carbocycles. The Hall–Kier alpha value is -8.07. The van der Waals surface area contributed by atoms with E-state index in [9.17, 15) is 58.2 Å². The lowest BCUT2D eigenvalue weighted by atomic mass is 9.98. The van der Waals surface area contributed by atoms with Crippen molar-refractivity contribution in [3.8, 4) is 45.8 Å². The molecule has 4 heterocycles. The van der Waals surface area contributed by atoms with Crippen LogP contribution in [0.2, 0.25) is 0 Å². The normalized spacial score (nSPS) is 14.3. The Bertz CT molecular complexity index is 3700. The van der Waals surface area contributed by atoms with Crippen molar-refractivity contribution >= 4 is 38.5 Å². The summed E-state index contributed by atoms with van der Waals surface area (Å²) >= 11 is 0. The van der Waals surface area contributed by atoms with Gasteiger partial charge in [-0.15, -0.1) is 10.2 Å². The van der Waals surface area contributed by atoms with E-state index in [0.29, 0.717) is 46.0 Å². The van der Waals surface area contributed by atoms with E-state index in [-0.39, 0.29) is 62.9 Å². The number of nitrogens with one attached hydrogen (secondary N) is 2. The number of aliphatic hydroxyl groups excluding tert-OH is 2. The molecule has 4 aromatic carbocycles. The molecule has 4 aromatic heterocycles. The molecule has 8 aromatic rings. The summed E-state index contributed by atoms with van der Waals surface area (Å²) in [4.78, 5) is 33.6. The molecule has 17 nitrogen and oxygen atoms in total. The quantitative estimate of drug-likeness (QED) is 0.0447. The van der Waals surface area contributed by atoms with Crippen molar-refractivity contribution in [2.75, 3.05) is 24.7 Å². The maximum atomic E-state index is 13.7. The van der Waals surface area contributed by atoms with Gasteiger partial charge < -0.3 is 36.1 Å². The van der Waals surface area contributed by atoms with Gasteiger partial charge in [-0.1, -0.05) is 30.3 Å². The molecule has 10 rings (SSSR count). The molecule has 80 heavy (non-hydrogen) atoms. The van der Waals surface area contributed by atoms with Crippen LogP contribution in [-0.2, 0) is 9.84 Å². The number of ether oxygens (including phenoxy) is 2. The molecule has 1 amide bonds. The molecule has 6 N–H and O–H groups in total. The first-order valence-electron chi connectivity index (χ1n) is 24.6. The number of benzene rings is 4. The predicted octanol–water partition coefficient (Wildman–Crippen LogP) is 9.75. The number of fused-ring (bicyclic) bond motifs is 2. The number of sulfone groups is 1. The zero-order valence-electron chi connectivity index (χ0n) is 42.7. The second-order valence-electron chi connectivity index (χ2n) is 19.0. The first kappa shape index (κ1) is 58.1. The molecule has 2 aliphatic carbocycles. The first-order valence-corrected chi connectivity index (χ1v) is 26.5. The molecular formula is C54H51F8N9O8S. The largest absolute Gasteiger partial charge is 0.437 e. The van der Waals surface area contributed by atoms with Crippen LogP contribution in [0.5, 0.6) is 23.3 Å². The van der Waals surface area contributed by atoms with Crippen LogP contribution in [0.4, 0.5) is 40.8 Å². The standard InChI is InChI=1S/C27H24F4N4O3.C24H21FN4O4S.C3H6F3NO/c1-15-9-17(7-8-20(15)23(36)10-16-5-6-16)22-13-33-26-21(32-14-24(37)27(29,30)31)12-25(34-35(22)26)38-19-4-2-3-18(28)11-19;1-14-10-15(6-9-19(14)24(30)27-17-7-8-17)20-13-26-23-21(34(2,31)32)12-22(28-29(20)23)33-18-5-3-4-16(25)11-18;4-3(5,6)2(8)1-7/h2-4,7-9,11-13,16,24,32,37H,5-6,10,14H2,1H3;3-6,9-13,17H,7-8H2,1-2H3,(H,27,30);2,8H,1,7H2. The summed E-state index contributed by atoms with van der Waals surface area (Å²) in [6.45, 7) is 2.07. The highest BCUT2D eigenvalue weighted by Gasteiger charge is 2.38. The molecule has 0 spiro atoms. The Labute approximate surface area is 451 Å². The van der Waals surface area contributed by atoms with Gasteiger partial charge >= 0.3 is 12.4 Å². The van der Waals surface area contributed by atoms with Crippen molar-refractivity contribution in [2.24, 2.45) is 11.7 Å². The fourth-order valence-electron chi connectivity index (χ4n) is 7.92. The lowest BCUT2D eigenvalue weighted by Crippen LogP contribution is -2.35. The van der Waals surface area contributed by atoms with E-state index in [1.807, 2.05) is 26.0 Å². The van der Waals surface area contributed by atoms with Crippen LogP contribution in [0.15, 0.2) is 114 Å². The van der Waals surface area contributed by atoms with Crippen molar-refractivity contribution in [1.29, 1.82) is 0 Å². The van der Waals surface area contributed by atoms with Crippen LogP contribution in [0.25, 0.3) is 33.8 Å². The second-order valence-corrected chi connectivity index (χ2v) is 21.0. The number of Topliss-reactive ketones (excluding diaryl/α,β-unsaturated/α-hetero) is 1. The van der Waals surface area contributed by atoms with Crippen molar-refractivity contribution in [2.45, 2.75) is 81.4 Å². The van der Waals surface area contributed by atoms with Gasteiger partial charge in [0.15, 0.2) is 39.1 Å². The lowest BCUT2D eigenvalue weighted by molar-refractivity contribution is -0.200. The number of anilines is 1. The van der Waals surface area contributed by atoms with E-state index < -0.39 is 59.1 Å². The van der Waals surface area contributed by atoms with Crippen LogP contribution >= 0.6 is 0 Å². The highest BCUT2D eigenvalue weighted by atomic mass is 32.2. The average molecular weight is 1140 g/mol. The van der Waals surface area contributed by atoms with Gasteiger partial charge in [-0.3, -0.25) is 9.59 Å². The van der Waals surface area contributed by atoms with Crippen molar-refractivity contribution < 1.29 is 72.8 Å². The lowest BCUT2D eigenvalue weighted by Gasteiger charge is -2.17. The maximum Gasteiger partial charge on any atom is 0.416 e. The van der Waals surface area contributed by atoms with Gasteiger partial charge in [0, 0.05) is 78.3 Å². The van der Waals surface area contributed by atoms with Gasteiger partial charge in [-0.05, 0) is 99.0 Å². The monoisotopic (exact) mass is 1140 g/mol. The summed E-state index contributed by atoms with van der Waals surface area (Å²) in [6.07, 6.45) is -5.59. The zero-order chi connectivity index (χ0) is 57.8. The van der Waals surface area contributed by atoms with Crippen molar-refractivity contribution in [1.82, 2.24) is 34.5 Å². The number of hydrogen-bond acceptors (Lipinski definition) is 14. The van der Waals surface area contributed by atoms with Crippen molar-refractivity contribution in [3.63, 3.8) is 0 Å². The zero-order valence-corrected chi connectivity index (χ0v) is 43.5. The van der Waals surface area contributed by atoms with Crippen LogP contribution < -0.4 is 25.8 Å². The van der Waals surface area contributed by atoms with E-state index in [4.69, 9.17) is 14.6 Å². The molecule has 0 radical (unpaired) electrons. The summed E-state index contributed by atoms with van der Waals surface area (Å²) in [5, 5.41) is 31.8. The Morgan fingerprint density at radius 2 is 1.23 bits per heavy atom. The summed E-state index contributed by atoms with van der Waals surface area (Å²) < 4.78 is 138. The minimum Gasteiger partial charge on any atom is -0.437 e. The molecule has 2 fully saturated rings. The summed E-state index contributed by atoms with van der Waals surface area (Å²) in [5.74, 6) is -0.362. The number of imidazole rings is 2. The third kappa shape index (κ3) is 14.6. The minimum absolute atomic E-state index is 0.0325. The maximum absolute atomic E-state index is 13.7. The van der Waals surface area contributed by atoms with E-state index in [0.717, 1.165) is 49.1 Å². The number of nitrogens with zero attached hydrogens (tertiary/aromatic N) is 6. The highest BCUT2D eigenvalue weighted by Crippen LogP contribution is 2.36. The number of aliphatic hydroxyl groups is 2. The Balaban J connectivity index is 0.000000186. The number of halogens is 8. The fourth-order valence-corrected chi connectivity index (χ4v) is 8.70. The smallest absolute Gasteiger partial charge is 0.416 e. The number of nitrogens with two attached hydrogens (primary N) is 1. The molecule has 2 aliphatic rings. The van der Waals surface area contributed by atoms with E-state index in [1.54, 1.807) is 30.3 Å². The van der Waals surface area contributed by atoms with Gasteiger partial charge in [0.1, 0.15) is 28.0 Å². The van der Waals surface area contributed by atoms with Gasteiger partial charge in [-0.25, -0.2) is 36.2 Å². The Morgan fingerprint density at radius 3 is 1.69 bits per heavy atom. The molecule has 0 aliphatic heterocycles. The van der Waals surface area contributed by atoms with Gasteiger partial charge in [0.2, 0.25) is 11.8 Å². The highest BCUT2D eigenvalue weighted by molar-refractivity contribution is 7.91. The van der Waals surface area contributed by atoms with E-state index >= 15 is 0 Å². The van der Waals surface area contributed by atoms with Crippen molar-refractivity contribution in [3.05, 3.63) is 143 Å². The Kier molecular flexibility index (Phi) is 17.2. The molecular weight excluding hydrogens is 1090 g/mol. The SMILES string of the molecule is Cc1cc(-c2cnc3c(NCC(O)C(F)(F)F)cc(Oc4cccc(F)c4)nn23)ccc1C(=O)CC1CC1.Cc1cc(-c2cnc3c(S(C)(=O)=O)cc(Oc4cccc(F)c4)nn23)ccc1C(=O)NC1CC1.NCC(O)C(F)(F)F. The van der Waals surface area contributed by atoms with Crippen LogP contribution in [0.3, 0.4) is 0 Å². The molecule has 422 valence electrons. The summed E-state index contributed by atoms with van der Waals surface area (Å²) in [5.41, 5.74) is 10.1. The molecule has 0 saturated heterocycles. The van der Waals surface area contributed by atoms with Gasteiger partial charge in [0.25, 0.3) is 5.91 Å². The van der Waals surface area contributed by atoms with E-state index in [1.165, 1.54) is 70.0 Å². The number of hydrogen-bond donors (Lipinski definition) is 5. The summed E-state index contributed by atoms with van der Waals surface area (Å²) in [7, 11) is -3.68. The number of carbonyl (C=O) groups excluding carboxylic acids is 2. The van der Waals surface area contributed by atoms with Gasteiger partial charge in [0.05, 0.1) is 29.5 Å². The molecule has 2 atom stereocenters. The summed E-state index contributed by atoms with van der Waals surface area (Å²) in [6, 6.07) is 24.3. The number of alkyl halides is 6. The molecule has 2 unspecified atom stereocenters. The minimum atomic E-state index is -4.81. The number of ketones is 1.